The zero-order chi connectivity index (χ0) is 18.4. The van der Waals surface area contributed by atoms with Crippen LogP contribution in [-0.4, -0.2) is 41.8 Å². The lowest BCUT2D eigenvalue weighted by Crippen LogP contribution is -2.51. The molecule has 0 spiro atoms. The summed E-state index contributed by atoms with van der Waals surface area (Å²) in [5.74, 6) is -1.10. The van der Waals surface area contributed by atoms with E-state index < -0.39 is 49.3 Å². The maximum absolute atomic E-state index is 11.7. The van der Waals surface area contributed by atoms with Crippen LogP contribution in [0.1, 0.15) is 23.7 Å². The molecule has 0 bridgehead atoms. The Kier molecular flexibility index (Phi) is 4.18. The largest absolute Gasteiger partial charge is 0.479 e. The van der Waals surface area contributed by atoms with Crippen LogP contribution < -0.4 is 0 Å². The van der Waals surface area contributed by atoms with Crippen molar-refractivity contribution in [1.82, 2.24) is 0 Å². The lowest BCUT2D eigenvalue weighted by molar-refractivity contribution is -0.298. The van der Waals surface area contributed by atoms with Crippen LogP contribution in [0, 0.1) is 0 Å². The predicted molar refractivity (Wildman–Crippen MR) is 90.4 cm³/mol. The number of carboxylic acids is 1. The number of benzene rings is 2. The molecule has 3 saturated heterocycles. The number of fused-ring (bicyclic) bond motifs is 3. The molecule has 2 aromatic rings. The Labute approximate surface area is 155 Å². The number of hydrogen-bond acceptors (Lipinski definition) is 6. The number of rotatable bonds is 3. The van der Waals surface area contributed by atoms with E-state index in [1.165, 1.54) is 0 Å². The predicted octanol–water partition coefficient (Wildman–Crippen LogP) is 2.39. The van der Waals surface area contributed by atoms with Gasteiger partial charge in [0.2, 0.25) is 0 Å². The van der Waals surface area contributed by atoms with E-state index in [1.54, 1.807) is 0 Å². The number of carboxylic acid groups (broad SMARTS) is 1. The summed E-state index contributed by atoms with van der Waals surface area (Å²) in [6.07, 6.45) is -5.19. The van der Waals surface area contributed by atoms with Gasteiger partial charge in [0.1, 0.15) is 18.3 Å². The van der Waals surface area contributed by atoms with Crippen molar-refractivity contribution in [2.24, 2.45) is 0 Å². The Morgan fingerprint density at radius 1 is 0.667 bits per heavy atom. The molecule has 3 aliphatic rings. The topological polar surface area (TPSA) is 83.5 Å². The first-order valence-electron chi connectivity index (χ1n) is 8.81. The first kappa shape index (κ1) is 16.9. The molecular weight excluding hydrogens is 352 g/mol. The summed E-state index contributed by atoms with van der Waals surface area (Å²) in [7, 11) is 0. The molecule has 2 aromatic carbocycles. The third-order valence-corrected chi connectivity index (χ3v) is 4.98. The molecule has 5 rings (SSSR count). The van der Waals surface area contributed by atoms with Crippen molar-refractivity contribution in [2.75, 3.05) is 0 Å². The Morgan fingerprint density at radius 3 is 1.81 bits per heavy atom. The lowest BCUT2D eigenvalue weighted by Gasteiger charge is -2.37. The summed E-state index contributed by atoms with van der Waals surface area (Å²) < 4.78 is 29.4. The standard InChI is InChI=1S/C20H18O7/c21-17(22)15-13-14(23-18(25-15)11-7-3-1-4-8-11)16-20(24-13)27-19(26-16)12-9-5-2-6-10-12/h1-10,13-16,18-20H,(H,21,22). The number of carbonyl (C=O) groups is 1. The minimum Gasteiger partial charge on any atom is -0.479 e. The minimum absolute atomic E-state index is 0.530. The van der Waals surface area contributed by atoms with Crippen molar-refractivity contribution in [3.8, 4) is 0 Å². The van der Waals surface area contributed by atoms with Crippen LogP contribution in [0.4, 0.5) is 0 Å². The van der Waals surface area contributed by atoms with Crippen LogP contribution in [0.15, 0.2) is 60.7 Å². The zero-order valence-electron chi connectivity index (χ0n) is 14.2. The minimum atomic E-state index is -1.16. The molecule has 7 nitrogen and oxygen atoms in total. The number of aliphatic carboxylic acids is 1. The maximum atomic E-state index is 11.7. The van der Waals surface area contributed by atoms with Gasteiger partial charge in [-0.3, -0.25) is 0 Å². The van der Waals surface area contributed by atoms with Crippen LogP contribution in [0.25, 0.3) is 0 Å². The first-order chi connectivity index (χ1) is 13.2. The third kappa shape index (κ3) is 2.93. The highest BCUT2D eigenvalue weighted by molar-refractivity contribution is 5.73. The molecule has 0 aromatic heterocycles. The second kappa shape index (κ2) is 6.70. The van der Waals surface area contributed by atoms with Gasteiger partial charge in [-0.15, -0.1) is 0 Å². The summed E-state index contributed by atoms with van der Waals surface area (Å²) in [6, 6.07) is 18.7. The van der Waals surface area contributed by atoms with E-state index in [2.05, 4.69) is 0 Å². The van der Waals surface area contributed by atoms with Gasteiger partial charge < -0.3 is 28.8 Å². The summed E-state index contributed by atoms with van der Waals surface area (Å²) in [5, 5.41) is 9.60. The lowest BCUT2D eigenvalue weighted by atomic mass is 10.0. The first-order valence-corrected chi connectivity index (χ1v) is 8.81. The van der Waals surface area contributed by atoms with Gasteiger partial charge in [-0.2, -0.15) is 0 Å². The molecule has 7 unspecified atom stereocenters. The van der Waals surface area contributed by atoms with Gasteiger partial charge in [-0.25, -0.2) is 4.79 Å². The SMILES string of the molecule is O=C(O)C1OC(c2ccccc2)OC2C3OC(c4ccccc4)OC3OC12. The van der Waals surface area contributed by atoms with Crippen LogP contribution in [-0.2, 0) is 28.5 Å². The van der Waals surface area contributed by atoms with Gasteiger partial charge in [0.05, 0.1) is 0 Å². The molecule has 7 heteroatoms. The number of ether oxygens (including phenoxy) is 5. The van der Waals surface area contributed by atoms with Crippen LogP contribution >= 0.6 is 0 Å². The molecule has 3 aliphatic heterocycles. The highest BCUT2D eigenvalue weighted by Crippen LogP contribution is 2.45. The van der Waals surface area contributed by atoms with Gasteiger partial charge in [0, 0.05) is 11.1 Å². The molecular formula is C20H18O7. The van der Waals surface area contributed by atoms with Crippen molar-refractivity contribution in [2.45, 2.75) is 43.3 Å². The Hall–Kier alpha value is -2.29. The summed E-state index contributed by atoms with van der Waals surface area (Å²) in [5.41, 5.74) is 1.61. The van der Waals surface area contributed by atoms with Crippen molar-refractivity contribution in [1.29, 1.82) is 0 Å². The molecule has 0 saturated carbocycles. The fourth-order valence-corrected chi connectivity index (χ4v) is 3.72. The molecule has 0 aliphatic carbocycles. The average Bonchev–Trinajstić information content (AvgIpc) is 3.27. The molecule has 7 atom stereocenters. The Bertz CT molecular complexity index is 812. The van der Waals surface area contributed by atoms with E-state index >= 15 is 0 Å². The van der Waals surface area contributed by atoms with Crippen molar-refractivity contribution in [3.05, 3.63) is 71.8 Å². The van der Waals surface area contributed by atoms with Crippen LogP contribution in [0.2, 0.25) is 0 Å². The molecule has 140 valence electrons. The van der Waals surface area contributed by atoms with E-state index in [4.69, 9.17) is 23.7 Å². The summed E-state index contributed by atoms with van der Waals surface area (Å²) in [4.78, 5) is 11.7. The molecule has 0 amide bonds. The maximum Gasteiger partial charge on any atom is 0.335 e. The highest BCUT2D eigenvalue weighted by atomic mass is 16.8. The van der Waals surface area contributed by atoms with E-state index in [9.17, 15) is 9.90 Å². The van der Waals surface area contributed by atoms with E-state index in [-0.39, 0.29) is 0 Å². The van der Waals surface area contributed by atoms with Gasteiger partial charge in [-0.05, 0) is 0 Å². The van der Waals surface area contributed by atoms with E-state index in [0.29, 0.717) is 0 Å². The smallest absolute Gasteiger partial charge is 0.335 e. The average molecular weight is 370 g/mol. The Morgan fingerprint density at radius 2 is 1.22 bits per heavy atom. The zero-order valence-corrected chi connectivity index (χ0v) is 14.2. The fourth-order valence-electron chi connectivity index (χ4n) is 3.72. The molecule has 3 fully saturated rings. The monoisotopic (exact) mass is 370 g/mol. The van der Waals surface area contributed by atoms with Crippen molar-refractivity contribution in [3.63, 3.8) is 0 Å². The van der Waals surface area contributed by atoms with Crippen molar-refractivity contribution < 1.29 is 33.6 Å². The fraction of sp³-hybridized carbons (Fsp3) is 0.350. The van der Waals surface area contributed by atoms with Crippen molar-refractivity contribution >= 4 is 5.97 Å². The van der Waals surface area contributed by atoms with Crippen LogP contribution in [0.5, 0.6) is 0 Å². The van der Waals surface area contributed by atoms with E-state index in [0.717, 1.165) is 11.1 Å². The normalized spacial score (nSPS) is 37.6. The van der Waals surface area contributed by atoms with E-state index in [1.807, 2.05) is 60.7 Å². The van der Waals surface area contributed by atoms with Gasteiger partial charge in [-0.1, -0.05) is 60.7 Å². The van der Waals surface area contributed by atoms with Crippen LogP contribution in [0.3, 0.4) is 0 Å². The second-order valence-corrected chi connectivity index (χ2v) is 6.69. The molecule has 0 radical (unpaired) electrons. The molecule has 3 heterocycles. The quantitative estimate of drug-likeness (QED) is 0.888. The highest BCUT2D eigenvalue weighted by Gasteiger charge is 2.60. The molecule has 1 N–H and O–H groups in total. The van der Waals surface area contributed by atoms with Gasteiger partial charge in [0.15, 0.2) is 25.0 Å². The summed E-state index contributed by atoms with van der Waals surface area (Å²) >= 11 is 0. The second-order valence-electron chi connectivity index (χ2n) is 6.69. The molecule has 27 heavy (non-hydrogen) atoms. The van der Waals surface area contributed by atoms with Gasteiger partial charge in [0.25, 0.3) is 0 Å². The summed E-state index contributed by atoms with van der Waals surface area (Å²) in [6.45, 7) is 0. The number of hydrogen-bond donors (Lipinski definition) is 1. The Balaban J connectivity index is 1.40. The third-order valence-electron chi connectivity index (χ3n) is 4.98. The van der Waals surface area contributed by atoms with Gasteiger partial charge >= 0.3 is 5.97 Å².